The van der Waals surface area contributed by atoms with Crippen molar-refractivity contribution in [2.45, 2.75) is 29.7 Å². The van der Waals surface area contributed by atoms with Crippen LogP contribution in [0.2, 0.25) is 0 Å². The van der Waals surface area contributed by atoms with E-state index < -0.39 is 10.0 Å². The summed E-state index contributed by atoms with van der Waals surface area (Å²) < 4.78 is 38.5. The number of fused-ring (bicyclic) bond motifs is 1. The Hall–Kier alpha value is -2.30. The van der Waals surface area contributed by atoms with Crippen LogP contribution in [0.1, 0.15) is 19.8 Å². The highest BCUT2D eigenvalue weighted by atomic mass is 32.2. The molecule has 10 heteroatoms. The summed E-state index contributed by atoms with van der Waals surface area (Å²) in [7, 11) is -3.66. The average Bonchev–Trinajstić information content (AvgIpc) is 2.80. The summed E-state index contributed by atoms with van der Waals surface area (Å²) in [6.07, 6.45) is 2.58. The van der Waals surface area contributed by atoms with Gasteiger partial charge in [-0.1, -0.05) is 6.92 Å². The standard InChI is InChI=1S/C21H25N3O5S2/c1-2-30-20-6-3-16(14-22-20)23-21(25)15-7-9-24(10-8-15)31(26,27)17-4-5-18-19(13-17)29-12-11-28-18/h3-6,13-15H,2,7-12H2,1H3,(H,23,25). The van der Waals surface area contributed by atoms with E-state index in [0.717, 1.165) is 10.8 Å². The maximum absolute atomic E-state index is 13.0. The van der Waals surface area contributed by atoms with Crippen molar-refractivity contribution in [3.8, 4) is 11.5 Å². The molecule has 2 aliphatic heterocycles. The van der Waals surface area contributed by atoms with E-state index in [0.29, 0.717) is 56.3 Å². The number of ether oxygens (including phenoxy) is 2. The van der Waals surface area contributed by atoms with E-state index in [1.807, 2.05) is 12.1 Å². The molecule has 0 unspecified atom stereocenters. The Balaban J connectivity index is 1.36. The molecule has 0 saturated carbocycles. The molecule has 1 aromatic carbocycles. The summed E-state index contributed by atoms with van der Waals surface area (Å²) in [6.45, 7) is 3.49. The van der Waals surface area contributed by atoms with E-state index in [1.165, 1.54) is 16.4 Å². The van der Waals surface area contributed by atoms with Crippen molar-refractivity contribution in [3.05, 3.63) is 36.5 Å². The summed E-state index contributed by atoms with van der Waals surface area (Å²) in [5, 5.41) is 3.81. The van der Waals surface area contributed by atoms with Gasteiger partial charge in [0.2, 0.25) is 15.9 Å². The van der Waals surface area contributed by atoms with Crippen LogP contribution in [0.4, 0.5) is 5.69 Å². The number of amides is 1. The van der Waals surface area contributed by atoms with Crippen LogP contribution in [0.3, 0.4) is 0 Å². The van der Waals surface area contributed by atoms with Gasteiger partial charge < -0.3 is 14.8 Å². The summed E-state index contributed by atoms with van der Waals surface area (Å²) >= 11 is 1.64. The molecular formula is C21H25N3O5S2. The van der Waals surface area contributed by atoms with Gasteiger partial charge in [-0.25, -0.2) is 13.4 Å². The normalized spacial score (nSPS) is 17.3. The number of carbonyl (C=O) groups is 1. The number of rotatable bonds is 6. The SMILES string of the molecule is CCSc1ccc(NC(=O)C2CCN(S(=O)(=O)c3ccc4c(c3)OCCO4)CC2)cn1. The number of thioether (sulfide) groups is 1. The van der Waals surface area contributed by atoms with Crippen LogP contribution in [0.5, 0.6) is 11.5 Å². The zero-order chi connectivity index (χ0) is 21.8. The molecule has 0 aliphatic carbocycles. The van der Waals surface area contributed by atoms with Gasteiger partial charge in [0.15, 0.2) is 11.5 Å². The van der Waals surface area contributed by atoms with Gasteiger partial charge in [0.25, 0.3) is 0 Å². The fourth-order valence-electron chi connectivity index (χ4n) is 3.62. The molecular weight excluding hydrogens is 438 g/mol. The number of sulfonamides is 1. The Morgan fingerprint density at radius 3 is 2.58 bits per heavy atom. The van der Waals surface area contributed by atoms with Gasteiger partial charge in [0, 0.05) is 25.1 Å². The van der Waals surface area contributed by atoms with Crippen LogP contribution in [0, 0.1) is 5.92 Å². The van der Waals surface area contributed by atoms with Crippen molar-refractivity contribution in [3.63, 3.8) is 0 Å². The smallest absolute Gasteiger partial charge is 0.243 e. The summed E-state index contributed by atoms with van der Waals surface area (Å²) in [4.78, 5) is 17.1. The first-order valence-electron chi connectivity index (χ1n) is 10.3. The fraction of sp³-hybridized carbons (Fsp3) is 0.429. The summed E-state index contributed by atoms with van der Waals surface area (Å²) in [5.41, 5.74) is 0.650. The van der Waals surface area contributed by atoms with Gasteiger partial charge in [-0.15, -0.1) is 11.8 Å². The number of aromatic nitrogens is 1. The molecule has 1 fully saturated rings. The molecule has 166 valence electrons. The number of nitrogens with zero attached hydrogens (tertiary/aromatic N) is 2. The maximum Gasteiger partial charge on any atom is 0.243 e. The minimum Gasteiger partial charge on any atom is -0.486 e. The first-order valence-corrected chi connectivity index (χ1v) is 12.7. The van der Waals surface area contributed by atoms with Crippen LogP contribution in [0.15, 0.2) is 46.5 Å². The van der Waals surface area contributed by atoms with Gasteiger partial charge in [-0.2, -0.15) is 4.31 Å². The van der Waals surface area contributed by atoms with Crippen LogP contribution < -0.4 is 14.8 Å². The van der Waals surface area contributed by atoms with Gasteiger partial charge in [-0.05, 0) is 42.9 Å². The lowest BCUT2D eigenvalue weighted by Crippen LogP contribution is -2.41. The van der Waals surface area contributed by atoms with E-state index >= 15 is 0 Å². The molecule has 4 rings (SSSR count). The van der Waals surface area contributed by atoms with Gasteiger partial charge >= 0.3 is 0 Å². The molecule has 31 heavy (non-hydrogen) atoms. The molecule has 1 amide bonds. The van der Waals surface area contributed by atoms with Crippen molar-refractivity contribution < 1.29 is 22.7 Å². The lowest BCUT2D eigenvalue weighted by molar-refractivity contribution is -0.120. The van der Waals surface area contributed by atoms with Crippen molar-refractivity contribution >= 4 is 33.4 Å². The number of hydrogen-bond donors (Lipinski definition) is 1. The van der Waals surface area contributed by atoms with E-state index in [2.05, 4.69) is 17.2 Å². The third kappa shape index (κ3) is 4.97. The zero-order valence-electron chi connectivity index (χ0n) is 17.2. The third-order valence-electron chi connectivity index (χ3n) is 5.27. The molecule has 0 atom stereocenters. The molecule has 1 saturated heterocycles. The number of nitrogens with one attached hydrogen (secondary N) is 1. The van der Waals surface area contributed by atoms with Crippen molar-refractivity contribution in [2.24, 2.45) is 5.92 Å². The minimum atomic E-state index is -3.66. The first kappa shape index (κ1) is 21.9. The highest BCUT2D eigenvalue weighted by molar-refractivity contribution is 7.99. The predicted molar refractivity (Wildman–Crippen MR) is 118 cm³/mol. The lowest BCUT2D eigenvalue weighted by Gasteiger charge is -2.30. The van der Waals surface area contributed by atoms with Crippen LogP contribution in [-0.2, 0) is 14.8 Å². The number of piperidine rings is 1. The monoisotopic (exact) mass is 463 g/mol. The Kier molecular flexibility index (Phi) is 6.68. The Labute approximate surface area is 186 Å². The first-order chi connectivity index (χ1) is 15.0. The minimum absolute atomic E-state index is 0.103. The lowest BCUT2D eigenvalue weighted by atomic mass is 9.97. The molecule has 0 radical (unpaired) electrons. The quantitative estimate of drug-likeness (QED) is 0.658. The number of carbonyl (C=O) groups excluding carboxylic acids is 1. The van der Waals surface area contributed by atoms with Crippen LogP contribution >= 0.6 is 11.8 Å². The Bertz CT molecular complexity index is 1040. The molecule has 1 N–H and O–H groups in total. The second kappa shape index (κ2) is 9.46. The molecule has 0 bridgehead atoms. The highest BCUT2D eigenvalue weighted by Crippen LogP contribution is 2.34. The van der Waals surface area contributed by atoms with Gasteiger partial charge in [-0.3, -0.25) is 4.79 Å². The second-order valence-electron chi connectivity index (χ2n) is 7.29. The molecule has 2 aliphatic rings. The van der Waals surface area contributed by atoms with E-state index in [9.17, 15) is 13.2 Å². The largest absolute Gasteiger partial charge is 0.486 e. The van der Waals surface area contributed by atoms with Gasteiger partial charge in [0.1, 0.15) is 13.2 Å². The van der Waals surface area contributed by atoms with Crippen LogP contribution in [0.25, 0.3) is 0 Å². The molecule has 2 aromatic rings. The number of anilines is 1. The summed E-state index contributed by atoms with van der Waals surface area (Å²) in [5.74, 6) is 1.59. The van der Waals surface area contributed by atoms with E-state index in [4.69, 9.17) is 9.47 Å². The predicted octanol–water partition coefficient (Wildman–Crippen LogP) is 3.00. The van der Waals surface area contributed by atoms with Crippen LogP contribution in [-0.4, -0.2) is 55.7 Å². The fourth-order valence-corrected chi connectivity index (χ4v) is 5.70. The second-order valence-corrected chi connectivity index (χ2v) is 10.5. The van der Waals surface area contributed by atoms with Crippen molar-refractivity contribution in [2.75, 3.05) is 37.4 Å². The average molecular weight is 464 g/mol. The summed E-state index contributed by atoms with van der Waals surface area (Å²) in [6, 6.07) is 8.39. The maximum atomic E-state index is 13.0. The molecule has 1 aromatic heterocycles. The van der Waals surface area contributed by atoms with Gasteiger partial charge in [0.05, 0.1) is 21.8 Å². The number of pyridine rings is 1. The molecule has 8 nitrogen and oxygen atoms in total. The van der Waals surface area contributed by atoms with E-state index in [1.54, 1.807) is 24.0 Å². The highest BCUT2D eigenvalue weighted by Gasteiger charge is 2.33. The number of benzene rings is 1. The number of hydrogen-bond acceptors (Lipinski definition) is 7. The van der Waals surface area contributed by atoms with Crippen molar-refractivity contribution in [1.29, 1.82) is 0 Å². The van der Waals surface area contributed by atoms with E-state index in [-0.39, 0.29) is 16.7 Å². The Morgan fingerprint density at radius 2 is 1.90 bits per heavy atom. The zero-order valence-corrected chi connectivity index (χ0v) is 18.9. The Morgan fingerprint density at radius 1 is 1.16 bits per heavy atom. The molecule has 3 heterocycles. The topological polar surface area (TPSA) is 97.8 Å². The van der Waals surface area contributed by atoms with Crippen molar-refractivity contribution in [1.82, 2.24) is 9.29 Å². The third-order valence-corrected chi connectivity index (χ3v) is 7.99. The molecule has 0 spiro atoms.